The predicted octanol–water partition coefficient (Wildman–Crippen LogP) is 1.35. The molecule has 1 aliphatic carbocycles. The summed E-state index contributed by atoms with van der Waals surface area (Å²) in [5.74, 6) is 0.818. The van der Waals surface area contributed by atoms with Crippen LogP contribution in [0.15, 0.2) is 0 Å². The third-order valence-corrected chi connectivity index (χ3v) is 4.80. The molecule has 0 aromatic rings. The first-order valence-electron chi connectivity index (χ1n) is 7.92. The maximum Gasteiger partial charge on any atom is 0.223 e. The molecule has 3 N–H and O–H groups in total. The molecule has 3 unspecified atom stereocenters. The molecule has 1 amide bonds. The normalized spacial score (nSPS) is 30.2. The van der Waals surface area contributed by atoms with Gasteiger partial charge in [0.15, 0.2) is 0 Å². The molecular weight excluding hydrogens is 238 g/mol. The number of nitrogens with one attached hydrogen (secondary N) is 1. The third kappa shape index (κ3) is 4.46. The van der Waals surface area contributed by atoms with Gasteiger partial charge in [-0.05, 0) is 51.1 Å². The number of carbonyl (C=O) groups excluding carboxylic acids is 1. The Hall–Kier alpha value is -0.610. The van der Waals surface area contributed by atoms with Gasteiger partial charge in [0, 0.05) is 25.0 Å². The molecule has 110 valence electrons. The molecule has 2 aliphatic rings. The van der Waals surface area contributed by atoms with Crippen molar-refractivity contribution in [3.8, 4) is 0 Å². The van der Waals surface area contributed by atoms with Crippen molar-refractivity contribution in [2.45, 2.75) is 51.5 Å². The van der Waals surface area contributed by atoms with Crippen LogP contribution in [0.25, 0.3) is 0 Å². The summed E-state index contributed by atoms with van der Waals surface area (Å²) < 4.78 is 0. The van der Waals surface area contributed by atoms with E-state index in [2.05, 4.69) is 17.1 Å². The lowest BCUT2D eigenvalue weighted by molar-refractivity contribution is -0.126. The molecule has 1 saturated carbocycles. The summed E-state index contributed by atoms with van der Waals surface area (Å²) in [4.78, 5) is 14.6. The van der Waals surface area contributed by atoms with E-state index in [1.54, 1.807) is 0 Å². The second-order valence-corrected chi connectivity index (χ2v) is 6.32. The summed E-state index contributed by atoms with van der Waals surface area (Å²) in [6.07, 6.45) is 7.10. The van der Waals surface area contributed by atoms with Crippen LogP contribution in [0.5, 0.6) is 0 Å². The Kier molecular flexibility index (Phi) is 5.64. The maximum absolute atomic E-state index is 12.2. The van der Waals surface area contributed by atoms with Crippen LogP contribution in [-0.4, -0.2) is 43.0 Å². The van der Waals surface area contributed by atoms with Gasteiger partial charge in [0.25, 0.3) is 0 Å². The van der Waals surface area contributed by atoms with E-state index in [-0.39, 0.29) is 11.8 Å². The molecular formula is C15H29N3O. The van der Waals surface area contributed by atoms with Gasteiger partial charge in [-0.15, -0.1) is 0 Å². The molecule has 1 heterocycles. The van der Waals surface area contributed by atoms with Crippen molar-refractivity contribution in [1.29, 1.82) is 0 Å². The highest BCUT2D eigenvalue weighted by Gasteiger charge is 2.28. The molecule has 0 spiro atoms. The van der Waals surface area contributed by atoms with Crippen LogP contribution >= 0.6 is 0 Å². The first-order chi connectivity index (χ1) is 9.16. The van der Waals surface area contributed by atoms with Crippen LogP contribution < -0.4 is 11.1 Å². The molecule has 3 atom stereocenters. The van der Waals surface area contributed by atoms with Crippen molar-refractivity contribution in [3.05, 3.63) is 0 Å². The van der Waals surface area contributed by atoms with E-state index in [1.807, 2.05) is 0 Å². The molecule has 1 saturated heterocycles. The third-order valence-electron chi connectivity index (χ3n) is 4.80. The number of carbonyl (C=O) groups is 1. The lowest BCUT2D eigenvalue weighted by Gasteiger charge is -2.30. The molecule has 1 aliphatic heterocycles. The van der Waals surface area contributed by atoms with E-state index in [4.69, 9.17) is 5.73 Å². The SMILES string of the molecule is CC(C(=O)NCCN1CCCC1)C1CCCC(N)C1. The van der Waals surface area contributed by atoms with Crippen LogP contribution in [0.3, 0.4) is 0 Å². The van der Waals surface area contributed by atoms with E-state index in [1.165, 1.54) is 32.4 Å². The fourth-order valence-electron chi connectivity index (χ4n) is 3.44. The lowest BCUT2D eigenvalue weighted by Crippen LogP contribution is -2.40. The van der Waals surface area contributed by atoms with Crippen LogP contribution in [0.4, 0.5) is 0 Å². The van der Waals surface area contributed by atoms with Crippen molar-refractivity contribution in [1.82, 2.24) is 10.2 Å². The lowest BCUT2D eigenvalue weighted by atomic mass is 9.78. The summed E-state index contributed by atoms with van der Waals surface area (Å²) in [6.45, 7) is 6.25. The quantitative estimate of drug-likeness (QED) is 0.790. The number of rotatable bonds is 5. The summed E-state index contributed by atoms with van der Waals surface area (Å²) in [5.41, 5.74) is 6.01. The van der Waals surface area contributed by atoms with Gasteiger partial charge in [0.2, 0.25) is 5.91 Å². The Labute approximate surface area is 117 Å². The molecule has 19 heavy (non-hydrogen) atoms. The Morgan fingerprint density at radius 3 is 2.74 bits per heavy atom. The van der Waals surface area contributed by atoms with Gasteiger partial charge >= 0.3 is 0 Å². The number of amides is 1. The van der Waals surface area contributed by atoms with Crippen molar-refractivity contribution >= 4 is 5.91 Å². The Balaban J connectivity index is 1.66. The molecule has 4 nitrogen and oxygen atoms in total. The van der Waals surface area contributed by atoms with Crippen LogP contribution in [0, 0.1) is 11.8 Å². The number of likely N-dealkylation sites (tertiary alicyclic amines) is 1. The average Bonchev–Trinajstić information content (AvgIpc) is 2.91. The highest BCUT2D eigenvalue weighted by atomic mass is 16.1. The number of hydrogen-bond donors (Lipinski definition) is 2. The van der Waals surface area contributed by atoms with E-state index in [0.717, 1.165) is 32.4 Å². The first-order valence-corrected chi connectivity index (χ1v) is 7.92. The summed E-state index contributed by atoms with van der Waals surface area (Å²) in [7, 11) is 0. The van der Waals surface area contributed by atoms with Gasteiger partial charge in [0.1, 0.15) is 0 Å². The van der Waals surface area contributed by atoms with E-state index in [9.17, 15) is 4.79 Å². The van der Waals surface area contributed by atoms with Gasteiger partial charge in [0.05, 0.1) is 0 Å². The largest absolute Gasteiger partial charge is 0.355 e. The molecule has 2 rings (SSSR count). The number of nitrogens with zero attached hydrogens (tertiary/aromatic N) is 1. The van der Waals surface area contributed by atoms with Crippen molar-refractivity contribution in [2.24, 2.45) is 17.6 Å². The topological polar surface area (TPSA) is 58.4 Å². The minimum Gasteiger partial charge on any atom is -0.355 e. The van der Waals surface area contributed by atoms with Gasteiger partial charge < -0.3 is 16.0 Å². The first kappa shape index (κ1) is 14.8. The van der Waals surface area contributed by atoms with Gasteiger partial charge in [-0.2, -0.15) is 0 Å². The van der Waals surface area contributed by atoms with E-state index < -0.39 is 0 Å². The highest BCUT2D eigenvalue weighted by molar-refractivity contribution is 5.78. The fourth-order valence-corrected chi connectivity index (χ4v) is 3.44. The second-order valence-electron chi connectivity index (χ2n) is 6.32. The maximum atomic E-state index is 12.2. The Morgan fingerprint density at radius 1 is 1.32 bits per heavy atom. The standard InChI is InChI=1S/C15H29N3O/c1-12(13-5-4-6-14(16)11-13)15(19)17-7-10-18-8-2-3-9-18/h12-14H,2-11,16H2,1H3,(H,17,19). The molecule has 4 heteroatoms. The highest BCUT2D eigenvalue weighted by Crippen LogP contribution is 2.29. The van der Waals surface area contributed by atoms with Gasteiger partial charge in [-0.3, -0.25) is 4.79 Å². The average molecular weight is 267 g/mol. The van der Waals surface area contributed by atoms with Crippen LogP contribution in [0.1, 0.15) is 45.4 Å². The van der Waals surface area contributed by atoms with E-state index in [0.29, 0.717) is 12.0 Å². The molecule has 0 aromatic carbocycles. The number of hydrogen-bond acceptors (Lipinski definition) is 3. The summed E-state index contributed by atoms with van der Waals surface area (Å²) in [6, 6.07) is 0.304. The zero-order valence-corrected chi connectivity index (χ0v) is 12.2. The Bertz CT molecular complexity index is 289. The smallest absolute Gasteiger partial charge is 0.223 e. The molecule has 0 aromatic heterocycles. The summed E-state index contributed by atoms with van der Waals surface area (Å²) >= 11 is 0. The van der Waals surface area contributed by atoms with E-state index >= 15 is 0 Å². The zero-order valence-electron chi connectivity index (χ0n) is 12.2. The van der Waals surface area contributed by atoms with Crippen molar-refractivity contribution in [3.63, 3.8) is 0 Å². The zero-order chi connectivity index (χ0) is 13.7. The minimum atomic E-state index is 0.116. The van der Waals surface area contributed by atoms with Crippen LogP contribution in [-0.2, 0) is 4.79 Å². The van der Waals surface area contributed by atoms with Crippen molar-refractivity contribution < 1.29 is 4.79 Å². The summed E-state index contributed by atoms with van der Waals surface area (Å²) in [5, 5.41) is 3.10. The minimum absolute atomic E-state index is 0.116. The molecule has 2 fully saturated rings. The van der Waals surface area contributed by atoms with Gasteiger partial charge in [-0.25, -0.2) is 0 Å². The Morgan fingerprint density at radius 2 is 2.05 bits per heavy atom. The monoisotopic (exact) mass is 267 g/mol. The number of nitrogens with two attached hydrogens (primary N) is 1. The van der Waals surface area contributed by atoms with Crippen LogP contribution in [0.2, 0.25) is 0 Å². The fraction of sp³-hybridized carbons (Fsp3) is 0.933. The van der Waals surface area contributed by atoms with Crippen molar-refractivity contribution in [2.75, 3.05) is 26.2 Å². The molecule has 0 bridgehead atoms. The molecule has 0 radical (unpaired) electrons. The van der Waals surface area contributed by atoms with Gasteiger partial charge in [-0.1, -0.05) is 13.3 Å². The predicted molar refractivity (Wildman–Crippen MR) is 77.8 cm³/mol. The second kappa shape index (κ2) is 7.25.